The standard InChI is InChI=1S/C16H25N3O4S.ClH/c1-13(20)14-6-8-15(9-7-14)24(22,23)19(3)12-4-5-16(21)18-11-10-17-2;/h6-9,17H,4-5,10-12H2,1-3H3,(H,18,21);1H. The Bertz CT molecular complexity index is 662. The van der Waals surface area contributed by atoms with E-state index < -0.39 is 10.0 Å². The molecule has 0 saturated carbocycles. The van der Waals surface area contributed by atoms with Crippen molar-refractivity contribution < 1.29 is 18.0 Å². The molecule has 0 aromatic heterocycles. The van der Waals surface area contributed by atoms with Crippen molar-refractivity contribution in [1.29, 1.82) is 0 Å². The number of ketones is 1. The van der Waals surface area contributed by atoms with Gasteiger partial charge in [-0.1, -0.05) is 12.1 Å². The molecule has 0 aliphatic rings. The van der Waals surface area contributed by atoms with Gasteiger partial charge in [-0.2, -0.15) is 0 Å². The third kappa shape index (κ3) is 7.52. The Morgan fingerprint density at radius 1 is 1.12 bits per heavy atom. The van der Waals surface area contributed by atoms with E-state index in [0.29, 0.717) is 25.1 Å². The van der Waals surface area contributed by atoms with Crippen LogP contribution in [0.5, 0.6) is 0 Å². The van der Waals surface area contributed by atoms with E-state index in [0.717, 1.165) is 0 Å². The fourth-order valence-electron chi connectivity index (χ4n) is 2.04. The first kappa shape index (κ1) is 23.5. The molecule has 0 aliphatic heterocycles. The van der Waals surface area contributed by atoms with Crippen LogP contribution in [0.15, 0.2) is 29.2 Å². The van der Waals surface area contributed by atoms with Gasteiger partial charge in [0.2, 0.25) is 15.9 Å². The average Bonchev–Trinajstić information content (AvgIpc) is 2.55. The summed E-state index contributed by atoms with van der Waals surface area (Å²) in [7, 11) is -0.340. The number of Topliss-reactive ketones (excluding diaryl/α,β-unsaturated/α-hetero) is 1. The third-order valence-corrected chi connectivity index (χ3v) is 5.41. The van der Waals surface area contributed by atoms with E-state index in [-0.39, 0.29) is 42.0 Å². The van der Waals surface area contributed by atoms with Gasteiger partial charge in [0.25, 0.3) is 0 Å². The molecule has 0 unspecified atom stereocenters. The van der Waals surface area contributed by atoms with E-state index in [1.807, 2.05) is 0 Å². The van der Waals surface area contributed by atoms with Crippen LogP contribution in [0, 0.1) is 0 Å². The van der Waals surface area contributed by atoms with Crippen molar-refractivity contribution in [1.82, 2.24) is 14.9 Å². The van der Waals surface area contributed by atoms with Crippen molar-refractivity contribution in [2.45, 2.75) is 24.7 Å². The van der Waals surface area contributed by atoms with E-state index in [9.17, 15) is 18.0 Å². The van der Waals surface area contributed by atoms with Crippen molar-refractivity contribution >= 4 is 34.1 Å². The Hall–Kier alpha value is -1.48. The second-order valence-corrected chi connectivity index (χ2v) is 7.51. The number of nitrogens with zero attached hydrogens (tertiary/aromatic N) is 1. The molecule has 0 atom stereocenters. The van der Waals surface area contributed by atoms with Gasteiger partial charge in [-0.05, 0) is 32.5 Å². The Labute approximate surface area is 155 Å². The molecule has 7 nitrogen and oxygen atoms in total. The van der Waals surface area contributed by atoms with Gasteiger partial charge >= 0.3 is 0 Å². The number of carbonyl (C=O) groups is 2. The van der Waals surface area contributed by atoms with Gasteiger partial charge in [-0.3, -0.25) is 9.59 Å². The van der Waals surface area contributed by atoms with Crippen LogP contribution in [0.2, 0.25) is 0 Å². The van der Waals surface area contributed by atoms with Gasteiger partial charge in [0.05, 0.1) is 4.90 Å². The summed E-state index contributed by atoms with van der Waals surface area (Å²) >= 11 is 0. The molecule has 142 valence electrons. The highest BCUT2D eigenvalue weighted by Gasteiger charge is 2.20. The Morgan fingerprint density at radius 3 is 2.24 bits per heavy atom. The number of benzene rings is 1. The molecule has 0 spiro atoms. The average molecular weight is 392 g/mol. The van der Waals surface area contributed by atoms with Crippen molar-refractivity contribution in [2.24, 2.45) is 0 Å². The second-order valence-electron chi connectivity index (χ2n) is 5.46. The highest BCUT2D eigenvalue weighted by atomic mass is 35.5. The lowest BCUT2D eigenvalue weighted by Gasteiger charge is -2.17. The number of rotatable bonds is 10. The number of halogens is 1. The molecule has 1 aromatic rings. The Morgan fingerprint density at radius 2 is 1.72 bits per heavy atom. The zero-order chi connectivity index (χ0) is 18.2. The summed E-state index contributed by atoms with van der Waals surface area (Å²) < 4.78 is 26.1. The van der Waals surface area contributed by atoms with Crippen LogP contribution in [0.1, 0.15) is 30.1 Å². The van der Waals surface area contributed by atoms with E-state index >= 15 is 0 Å². The lowest BCUT2D eigenvalue weighted by atomic mass is 10.2. The molecule has 0 aliphatic carbocycles. The molecule has 1 rings (SSSR count). The maximum absolute atomic E-state index is 12.4. The highest BCUT2D eigenvalue weighted by molar-refractivity contribution is 7.89. The first-order valence-corrected chi connectivity index (χ1v) is 9.21. The summed E-state index contributed by atoms with van der Waals surface area (Å²) in [6, 6.07) is 5.84. The van der Waals surface area contributed by atoms with Crippen LogP contribution >= 0.6 is 12.4 Å². The maximum Gasteiger partial charge on any atom is 0.242 e. The minimum absolute atomic E-state index is 0. The normalized spacial score (nSPS) is 11.0. The topological polar surface area (TPSA) is 95.6 Å². The van der Waals surface area contributed by atoms with Gasteiger partial charge in [0.1, 0.15) is 0 Å². The number of amides is 1. The zero-order valence-corrected chi connectivity index (χ0v) is 16.4. The molecule has 0 bridgehead atoms. The van der Waals surface area contributed by atoms with E-state index in [2.05, 4.69) is 10.6 Å². The molecule has 2 N–H and O–H groups in total. The fourth-order valence-corrected chi connectivity index (χ4v) is 3.25. The Kier molecular flexibility index (Phi) is 10.5. The minimum atomic E-state index is -3.62. The number of nitrogens with one attached hydrogen (secondary N) is 2. The first-order valence-electron chi connectivity index (χ1n) is 7.77. The molecule has 0 radical (unpaired) electrons. The van der Waals surface area contributed by atoms with Crippen LogP contribution in [0.25, 0.3) is 0 Å². The molecule has 1 amide bonds. The van der Waals surface area contributed by atoms with Gasteiger partial charge in [0, 0.05) is 38.7 Å². The molecular weight excluding hydrogens is 366 g/mol. The number of hydrogen-bond acceptors (Lipinski definition) is 5. The van der Waals surface area contributed by atoms with Gasteiger partial charge in [0.15, 0.2) is 5.78 Å². The van der Waals surface area contributed by atoms with Crippen molar-refractivity contribution in [2.75, 3.05) is 33.7 Å². The largest absolute Gasteiger partial charge is 0.355 e. The number of likely N-dealkylation sites (N-methyl/N-ethyl adjacent to an activating group) is 1. The summed E-state index contributed by atoms with van der Waals surface area (Å²) in [5.74, 6) is -0.210. The smallest absolute Gasteiger partial charge is 0.242 e. The highest BCUT2D eigenvalue weighted by Crippen LogP contribution is 2.16. The summed E-state index contributed by atoms with van der Waals surface area (Å²) in [4.78, 5) is 23.0. The number of carbonyl (C=O) groups excluding carboxylic acids is 2. The van der Waals surface area contributed by atoms with Crippen LogP contribution < -0.4 is 10.6 Å². The van der Waals surface area contributed by atoms with Crippen LogP contribution in [0.3, 0.4) is 0 Å². The maximum atomic E-state index is 12.4. The molecule has 9 heteroatoms. The van der Waals surface area contributed by atoms with E-state index in [1.54, 1.807) is 7.05 Å². The van der Waals surface area contributed by atoms with Crippen LogP contribution in [0.4, 0.5) is 0 Å². The van der Waals surface area contributed by atoms with Crippen molar-refractivity contribution in [3.8, 4) is 0 Å². The monoisotopic (exact) mass is 391 g/mol. The number of hydrogen-bond donors (Lipinski definition) is 2. The quantitative estimate of drug-likeness (QED) is 0.459. The first-order chi connectivity index (χ1) is 11.3. The van der Waals surface area contributed by atoms with Crippen molar-refractivity contribution in [3.05, 3.63) is 29.8 Å². The predicted octanol–water partition coefficient (Wildman–Crippen LogP) is 1.05. The van der Waals surface area contributed by atoms with Gasteiger partial charge < -0.3 is 10.6 Å². The predicted molar refractivity (Wildman–Crippen MR) is 99.7 cm³/mol. The van der Waals surface area contributed by atoms with Crippen molar-refractivity contribution in [3.63, 3.8) is 0 Å². The lowest BCUT2D eigenvalue weighted by molar-refractivity contribution is -0.121. The number of sulfonamides is 1. The van der Waals surface area contributed by atoms with E-state index in [4.69, 9.17) is 0 Å². The van der Waals surface area contributed by atoms with Crippen LogP contribution in [-0.4, -0.2) is 58.1 Å². The zero-order valence-electron chi connectivity index (χ0n) is 14.7. The molecule has 25 heavy (non-hydrogen) atoms. The minimum Gasteiger partial charge on any atom is -0.355 e. The summed E-state index contributed by atoms with van der Waals surface area (Å²) in [6.45, 7) is 2.91. The van der Waals surface area contributed by atoms with Gasteiger partial charge in [-0.25, -0.2) is 12.7 Å². The SMILES string of the molecule is CNCCNC(=O)CCCN(C)S(=O)(=O)c1ccc(C(C)=O)cc1.Cl. The summed E-state index contributed by atoms with van der Waals surface area (Å²) in [5, 5.41) is 5.67. The fraction of sp³-hybridized carbons (Fsp3) is 0.500. The molecular formula is C16H26ClN3O4S. The van der Waals surface area contributed by atoms with Gasteiger partial charge in [-0.15, -0.1) is 12.4 Å². The third-order valence-electron chi connectivity index (χ3n) is 3.54. The second kappa shape index (κ2) is 11.2. The summed E-state index contributed by atoms with van der Waals surface area (Å²) in [5.41, 5.74) is 0.467. The van der Waals surface area contributed by atoms with Crippen LogP contribution in [-0.2, 0) is 14.8 Å². The summed E-state index contributed by atoms with van der Waals surface area (Å²) in [6.07, 6.45) is 0.708. The molecule has 0 saturated heterocycles. The molecule has 0 fully saturated rings. The molecule has 1 aromatic carbocycles. The lowest BCUT2D eigenvalue weighted by Crippen LogP contribution is -2.32. The Balaban J connectivity index is 0.00000576. The molecule has 0 heterocycles. The van der Waals surface area contributed by atoms with E-state index in [1.165, 1.54) is 42.5 Å².